The average Bonchev–Trinajstić information content (AvgIpc) is 2.87. The molecule has 4 rings (SSSR count). The van der Waals surface area contributed by atoms with Crippen LogP contribution in [0.4, 0.5) is 5.69 Å². The molecule has 33 heavy (non-hydrogen) atoms. The number of nitrogens with one attached hydrogen (secondary N) is 1. The van der Waals surface area contributed by atoms with Gasteiger partial charge in [0.1, 0.15) is 11.8 Å². The summed E-state index contributed by atoms with van der Waals surface area (Å²) in [6.45, 7) is 0. The average molecular weight is 452 g/mol. The molecule has 0 saturated carbocycles. The van der Waals surface area contributed by atoms with Crippen LogP contribution in [0.1, 0.15) is 33.1 Å². The highest BCUT2D eigenvalue weighted by Gasteiger charge is 2.22. The second-order valence-corrected chi connectivity index (χ2v) is 7.85. The fourth-order valence-electron chi connectivity index (χ4n) is 3.36. The number of hydrogen-bond acceptors (Lipinski definition) is 3. The quantitative estimate of drug-likeness (QED) is 0.259. The van der Waals surface area contributed by atoms with Crippen molar-refractivity contribution in [3.63, 3.8) is 0 Å². The molecule has 1 N–H and O–H groups in total. The van der Waals surface area contributed by atoms with Gasteiger partial charge in [0.05, 0.1) is 7.11 Å². The number of anilines is 1. The van der Waals surface area contributed by atoms with E-state index in [9.17, 15) is 4.79 Å². The van der Waals surface area contributed by atoms with Crippen LogP contribution >= 0.6 is 11.6 Å². The molecule has 0 spiro atoms. The molecule has 0 saturated heterocycles. The minimum absolute atomic E-state index is 0.0456. The molecule has 0 unspecified atom stereocenters. The van der Waals surface area contributed by atoms with E-state index in [-0.39, 0.29) is 5.78 Å². The molecule has 4 aromatic rings. The predicted octanol–water partition coefficient (Wildman–Crippen LogP) is 6.78. The van der Waals surface area contributed by atoms with Gasteiger partial charge in [0.25, 0.3) is 0 Å². The molecule has 0 aliphatic rings. The molecule has 0 aliphatic carbocycles. The van der Waals surface area contributed by atoms with Gasteiger partial charge in [-0.3, -0.25) is 4.79 Å². The van der Waals surface area contributed by atoms with Crippen LogP contribution in [0.25, 0.3) is 0 Å². The Hall–Kier alpha value is -4.00. The van der Waals surface area contributed by atoms with Crippen molar-refractivity contribution < 1.29 is 9.53 Å². The van der Waals surface area contributed by atoms with Crippen molar-refractivity contribution in [2.24, 2.45) is 0 Å². The monoisotopic (exact) mass is 451 g/mol. The maximum absolute atomic E-state index is 13.5. The van der Waals surface area contributed by atoms with Crippen LogP contribution in [0.3, 0.4) is 0 Å². The van der Waals surface area contributed by atoms with Crippen LogP contribution in [0.2, 0.25) is 5.02 Å². The molecule has 162 valence electrons. The van der Waals surface area contributed by atoms with E-state index in [1.807, 2.05) is 91.0 Å². The zero-order chi connectivity index (χ0) is 23.0. The molecule has 0 aliphatic heterocycles. The first-order valence-electron chi connectivity index (χ1n) is 10.5. The lowest BCUT2D eigenvalue weighted by Crippen LogP contribution is -2.21. The number of hydrogen-bond donors (Lipinski definition) is 1. The van der Waals surface area contributed by atoms with Crippen molar-refractivity contribution in [2.45, 2.75) is 6.04 Å². The summed E-state index contributed by atoms with van der Waals surface area (Å²) in [7, 11) is 1.62. The number of Topliss-reactive ketones (excluding diaryl/α,β-unsaturated/α-hetero) is 1. The van der Waals surface area contributed by atoms with E-state index in [1.54, 1.807) is 19.2 Å². The maximum atomic E-state index is 13.5. The van der Waals surface area contributed by atoms with Gasteiger partial charge < -0.3 is 10.1 Å². The molecule has 0 amide bonds. The van der Waals surface area contributed by atoms with Gasteiger partial charge in [-0.25, -0.2) is 0 Å². The van der Waals surface area contributed by atoms with Crippen molar-refractivity contribution in [1.29, 1.82) is 0 Å². The molecule has 4 heteroatoms. The lowest BCUT2D eigenvalue weighted by Gasteiger charge is -2.20. The summed E-state index contributed by atoms with van der Waals surface area (Å²) in [5.41, 5.74) is 4.04. The Balaban J connectivity index is 1.58. The van der Waals surface area contributed by atoms with Gasteiger partial charge in [-0.05, 0) is 66.2 Å². The summed E-state index contributed by atoms with van der Waals surface area (Å²) in [4.78, 5) is 13.5. The SMILES string of the molecule is COc1ccc(N[C@H](C(=O)c2ccc(C#Cc3ccccc3)cc2)c2ccc(Cl)cc2)cc1. The number of carbonyl (C=O) groups excluding carboxylic acids is 1. The number of halogens is 1. The molecule has 0 heterocycles. The van der Waals surface area contributed by atoms with Crippen LogP contribution in [-0.2, 0) is 0 Å². The summed E-state index contributed by atoms with van der Waals surface area (Å²) in [5, 5.41) is 3.97. The van der Waals surface area contributed by atoms with Crippen LogP contribution in [-0.4, -0.2) is 12.9 Å². The molecule has 0 radical (unpaired) electrons. The van der Waals surface area contributed by atoms with Gasteiger partial charge in [-0.15, -0.1) is 0 Å². The molecule has 4 aromatic carbocycles. The highest BCUT2D eigenvalue weighted by Crippen LogP contribution is 2.26. The van der Waals surface area contributed by atoms with E-state index >= 15 is 0 Å². The molecule has 0 fully saturated rings. The van der Waals surface area contributed by atoms with E-state index in [4.69, 9.17) is 16.3 Å². The van der Waals surface area contributed by atoms with E-state index in [0.717, 1.165) is 28.1 Å². The van der Waals surface area contributed by atoms with E-state index < -0.39 is 6.04 Å². The Labute approximate surface area is 199 Å². The summed E-state index contributed by atoms with van der Waals surface area (Å²) in [6, 6.07) is 31.4. The largest absolute Gasteiger partial charge is 0.497 e. The number of benzene rings is 4. The fourth-order valence-corrected chi connectivity index (χ4v) is 3.49. The Kier molecular flexibility index (Phi) is 7.09. The molecule has 3 nitrogen and oxygen atoms in total. The summed E-state index contributed by atoms with van der Waals surface area (Å²) in [6.07, 6.45) is 0. The molecule has 1 atom stereocenters. The number of rotatable bonds is 6. The first kappa shape index (κ1) is 22.2. The van der Waals surface area contributed by atoms with Crippen LogP contribution in [0.15, 0.2) is 103 Å². The zero-order valence-electron chi connectivity index (χ0n) is 18.1. The van der Waals surface area contributed by atoms with Crippen molar-refractivity contribution in [3.8, 4) is 17.6 Å². The number of ether oxygens (including phenoxy) is 1. The third-order valence-electron chi connectivity index (χ3n) is 5.16. The van der Waals surface area contributed by atoms with Crippen molar-refractivity contribution in [3.05, 3.63) is 130 Å². The normalized spacial score (nSPS) is 11.1. The Morgan fingerprint density at radius 2 is 1.39 bits per heavy atom. The third kappa shape index (κ3) is 5.83. The summed E-state index contributed by atoms with van der Waals surface area (Å²) < 4.78 is 5.23. The van der Waals surface area contributed by atoms with Gasteiger partial charge >= 0.3 is 0 Å². The Morgan fingerprint density at radius 3 is 2.00 bits per heavy atom. The number of carbonyl (C=O) groups is 1. The van der Waals surface area contributed by atoms with Crippen LogP contribution < -0.4 is 10.1 Å². The van der Waals surface area contributed by atoms with Gasteiger partial charge in [0.15, 0.2) is 5.78 Å². The lowest BCUT2D eigenvalue weighted by molar-refractivity contribution is 0.0969. The summed E-state index contributed by atoms with van der Waals surface area (Å²) in [5.74, 6) is 6.98. The summed E-state index contributed by atoms with van der Waals surface area (Å²) >= 11 is 6.07. The number of methoxy groups -OCH3 is 1. The van der Waals surface area contributed by atoms with Crippen molar-refractivity contribution in [2.75, 3.05) is 12.4 Å². The first-order valence-corrected chi connectivity index (χ1v) is 10.9. The molecule has 0 bridgehead atoms. The van der Waals surface area contributed by atoms with Crippen molar-refractivity contribution in [1.82, 2.24) is 0 Å². The van der Waals surface area contributed by atoms with E-state index in [2.05, 4.69) is 17.2 Å². The van der Waals surface area contributed by atoms with Crippen LogP contribution in [0, 0.1) is 11.8 Å². The molecular formula is C29H22ClNO2. The highest BCUT2D eigenvalue weighted by atomic mass is 35.5. The van der Waals surface area contributed by atoms with Gasteiger partial charge in [-0.2, -0.15) is 0 Å². The third-order valence-corrected chi connectivity index (χ3v) is 5.41. The smallest absolute Gasteiger partial charge is 0.189 e. The van der Waals surface area contributed by atoms with Crippen LogP contribution in [0.5, 0.6) is 5.75 Å². The van der Waals surface area contributed by atoms with Gasteiger partial charge in [0, 0.05) is 27.4 Å². The minimum atomic E-state index is -0.572. The van der Waals surface area contributed by atoms with Gasteiger partial charge in [0.2, 0.25) is 0 Å². The fraction of sp³-hybridized carbons (Fsp3) is 0.0690. The minimum Gasteiger partial charge on any atom is -0.497 e. The Morgan fingerprint density at radius 1 is 0.788 bits per heavy atom. The Bertz CT molecular complexity index is 1270. The highest BCUT2D eigenvalue weighted by molar-refractivity contribution is 6.30. The maximum Gasteiger partial charge on any atom is 0.189 e. The molecule has 0 aromatic heterocycles. The zero-order valence-corrected chi connectivity index (χ0v) is 18.8. The predicted molar refractivity (Wildman–Crippen MR) is 134 cm³/mol. The second-order valence-electron chi connectivity index (χ2n) is 7.42. The lowest BCUT2D eigenvalue weighted by atomic mass is 9.96. The second kappa shape index (κ2) is 10.5. The standard InChI is InChI=1S/C29H22ClNO2/c1-33-27-19-17-26(18-20-27)31-28(23-13-15-25(30)16-14-23)29(32)24-11-9-22(10-12-24)8-7-21-5-3-2-4-6-21/h2-6,9-20,28,31H,1H3/t28-/m0/s1. The topological polar surface area (TPSA) is 38.3 Å². The van der Waals surface area contributed by atoms with Gasteiger partial charge in [-0.1, -0.05) is 65.9 Å². The molecular weight excluding hydrogens is 430 g/mol. The van der Waals surface area contributed by atoms with E-state index in [0.29, 0.717) is 10.6 Å². The van der Waals surface area contributed by atoms with E-state index in [1.165, 1.54) is 0 Å². The van der Waals surface area contributed by atoms with Crippen molar-refractivity contribution >= 4 is 23.1 Å². The number of ketones is 1. The first-order chi connectivity index (χ1) is 16.1.